The van der Waals surface area contributed by atoms with Gasteiger partial charge >= 0.3 is 5.97 Å². The average molecular weight is 420 g/mol. The summed E-state index contributed by atoms with van der Waals surface area (Å²) < 4.78 is 19.8. The summed E-state index contributed by atoms with van der Waals surface area (Å²) in [7, 11) is 1.20. The van der Waals surface area contributed by atoms with Crippen LogP contribution in [0.1, 0.15) is 16.1 Å². The molecular formula is C13H8ClFIN3O2. The molecule has 21 heavy (non-hydrogen) atoms. The Balaban J connectivity index is 2.78. The van der Waals surface area contributed by atoms with Gasteiger partial charge in [0.05, 0.1) is 32.6 Å². The summed E-state index contributed by atoms with van der Waals surface area (Å²) >= 11 is 7.82. The zero-order valence-electron chi connectivity index (χ0n) is 10.7. The Hall–Kier alpha value is -1.79. The van der Waals surface area contributed by atoms with Gasteiger partial charge in [-0.25, -0.2) is 9.18 Å². The van der Waals surface area contributed by atoms with Gasteiger partial charge in [-0.2, -0.15) is 5.26 Å². The lowest BCUT2D eigenvalue weighted by molar-refractivity contribution is 0.0593. The van der Waals surface area contributed by atoms with Crippen LogP contribution in [-0.4, -0.2) is 17.6 Å². The maximum Gasteiger partial charge on any atom is 0.357 e. The highest BCUT2D eigenvalue weighted by Crippen LogP contribution is 2.30. The second kappa shape index (κ2) is 5.91. The summed E-state index contributed by atoms with van der Waals surface area (Å²) in [5.74, 6) is -1.20. The summed E-state index contributed by atoms with van der Waals surface area (Å²) in [6.45, 7) is 0. The number of methoxy groups -OCH3 is 1. The minimum atomic E-state index is -0.718. The molecule has 2 rings (SSSR count). The normalized spacial score (nSPS) is 10.2. The van der Waals surface area contributed by atoms with Crippen LogP contribution in [-0.2, 0) is 4.74 Å². The minimum Gasteiger partial charge on any atom is -0.464 e. The van der Waals surface area contributed by atoms with Crippen molar-refractivity contribution < 1.29 is 13.9 Å². The molecule has 0 unspecified atom stereocenters. The molecule has 1 aromatic heterocycles. The van der Waals surface area contributed by atoms with E-state index in [0.717, 1.165) is 6.07 Å². The Kier molecular flexibility index (Phi) is 4.39. The maximum atomic E-state index is 13.5. The third-order valence-corrected chi connectivity index (χ3v) is 3.92. The number of hydrogen-bond acceptors (Lipinski definition) is 4. The van der Waals surface area contributed by atoms with Crippen LogP contribution in [0.5, 0.6) is 0 Å². The SMILES string of the molecule is COC(=O)c1c(N)c(C#N)cn1-c1cc(I)c(F)cc1Cl. The van der Waals surface area contributed by atoms with Crippen LogP contribution in [0.3, 0.4) is 0 Å². The molecule has 2 N–H and O–H groups in total. The monoisotopic (exact) mass is 419 g/mol. The quantitative estimate of drug-likeness (QED) is 0.461. The lowest BCUT2D eigenvalue weighted by Gasteiger charge is -2.11. The fourth-order valence-corrected chi connectivity index (χ4v) is 2.49. The number of carbonyl (C=O) groups excluding carboxylic acids is 1. The van der Waals surface area contributed by atoms with Gasteiger partial charge in [-0.15, -0.1) is 0 Å². The fraction of sp³-hybridized carbons (Fsp3) is 0.0769. The van der Waals surface area contributed by atoms with Crippen LogP contribution < -0.4 is 5.73 Å². The van der Waals surface area contributed by atoms with Crippen LogP contribution in [0.15, 0.2) is 18.3 Å². The number of esters is 1. The van der Waals surface area contributed by atoms with E-state index in [9.17, 15) is 9.18 Å². The molecule has 108 valence electrons. The lowest BCUT2D eigenvalue weighted by Crippen LogP contribution is -2.11. The van der Waals surface area contributed by atoms with Crippen molar-refractivity contribution in [1.82, 2.24) is 4.57 Å². The van der Waals surface area contributed by atoms with E-state index in [4.69, 9.17) is 22.6 Å². The third kappa shape index (κ3) is 2.69. The van der Waals surface area contributed by atoms with E-state index in [1.807, 2.05) is 6.07 Å². The van der Waals surface area contributed by atoms with Crippen LogP contribution in [0, 0.1) is 20.7 Å². The zero-order chi connectivity index (χ0) is 15.7. The molecule has 0 atom stereocenters. The van der Waals surface area contributed by atoms with Crippen molar-refractivity contribution in [1.29, 1.82) is 5.26 Å². The Morgan fingerprint density at radius 3 is 2.81 bits per heavy atom. The number of anilines is 1. The number of ether oxygens (including phenoxy) is 1. The number of halogens is 3. The molecule has 2 aromatic rings. The molecule has 0 aliphatic rings. The Bertz CT molecular complexity index is 783. The molecule has 0 spiro atoms. The van der Waals surface area contributed by atoms with Gasteiger partial charge in [0, 0.05) is 6.20 Å². The van der Waals surface area contributed by atoms with E-state index in [2.05, 4.69) is 4.74 Å². The fourth-order valence-electron chi connectivity index (χ4n) is 1.80. The number of nitrogen functional groups attached to an aromatic ring is 1. The minimum absolute atomic E-state index is 0.0141. The van der Waals surface area contributed by atoms with E-state index in [0.29, 0.717) is 9.26 Å². The molecule has 0 bridgehead atoms. The highest BCUT2D eigenvalue weighted by molar-refractivity contribution is 14.1. The van der Waals surface area contributed by atoms with Crippen molar-refractivity contribution in [3.05, 3.63) is 44.0 Å². The molecule has 0 amide bonds. The molecule has 0 aliphatic carbocycles. The second-order valence-electron chi connectivity index (χ2n) is 4.00. The van der Waals surface area contributed by atoms with Crippen LogP contribution in [0.4, 0.5) is 10.1 Å². The predicted octanol–water partition coefficient (Wildman–Crippen LogP) is 3.11. The molecule has 0 saturated carbocycles. The maximum absolute atomic E-state index is 13.5. The first-order chi connectivity index (χ1) is 9.90. The summed E-state index contributed by atoms with van der Waals surface area (Å²) in [6.07, 6.45) is 1.36. The van der Waals surface area contributed by atoms with Crippen molar-refractivity contribution in [3.63, 3.8) is 0 Å². The van der Waals surface area contributed by atoms with Crippen molar-refractivity contribution in [3.8, 4) is 11.8 Å². The first-order valence-electron chi connectivity index (χ1n) is 5.54. The van der Waals surface area contributed by atoms with Crippen molar-refractivity contribution in [2.45, 2.75) is 0 Å². The first-order valence-corrected chi connectivity index (χ1v) is 7.00. The second-order valence-corrected chi connectivity index (χ2v) is 5.57. The highest BCUT2D eigenvalue weighted by Gasteiger charge is 2.23. The molecule has 1 heterocycles. The number of nitrogens with zero attached hydrogens (tertiary/aromatic N) is 2. The van der Waals surface area contributed by atoms with Crippen molar-refractivity contribution >= 4 is 45.8 Å². The average Bonchev–Trinajstić information content (AvgIpc) is 2.78. The number of benzene rings is 1. The number of nitriles is 1. The smallest absolute Gasteiger partial charge is 0.357 e. The third-order valence-electron chi connectivity index (χ3n) is 2.79. The van der Waals surface area contributed by atoms with E-state index in [1.165, 1.54) is 23.9 Å². The number of carbonyl (C=O) groups is 1. The highest BCUT2D eigenvalue weighted by atomic mass is 127. The van der Waals surface area contributed by atoms with Gasteiger partial charge in [-0.3, -0.25) is 0 Å². The molecule has 0 fully saturated rings. The summed E-state index contributed by atoms with van der Waals surface area (Å²) in [5.41, 5.74) is 6.17. The van der Waals surface area contributed by atoms with Crippen LogP contribution in [0.2, 0.25) is 5.02 Å². The summed E-state index contributed by atoms with van der Waals surface area (Å²) in [4.78, 5) is 11.9. The van der Waals surface area contributed by atoms with E-state index in [-0.39, 0.29) is 22.0 Å². The van der Waals surface area contributed by atoms with Gasteiger partial charge in [0.1, 0.15) is 11.9 Å². The van der Waals surface area contributed by atoms with Crippen molar-refractivity contribution in [2.24, 2.45) is 0 Å². The summed E-state index contributed by atoms with van der Waals surface area (Å²) in [5, 5.41) is 9.12. The van der Waals surface area contributed by atoms with Gasteiger partial charge in [-0.1, -0.05) is 11.6 Å². The van der Waals surface area contributed by atoms with E-state index in [1.54, 1.807) is 22.6 Å². The molecule has 0 radical (unpaired) electrons. The molecular weight excluding hydrogens is 412 g/mol. The molecule has 0 saturated heterocycles. The number of aromatic nitrogens is 1. The molecule has 1 aromatic carbocycles. The largest absolute Gasteiger partial charge is 0.464 e. The van der Waals surface area contributed by atoms with Gasteiger partial charge in [0.15, 0.2) is 5.69 Å². The van der Waals surface area contributed by atoms with Gasteiger partial charge in [-0.05, 0) is 34.7 Å². The Morgan fingerprint density at radius 1 is 1.57 bits per heavy atom. The zero-order valence-corrected chi connectivity index (χ0v) is 13.6. The molecule has 5 nitrogen and oxygen atoms in total. The van der Waals surface area contributed by atoms with E-state index >= 15 is 0 Å². The molecule has 0 aliphatic heterocycles. The Labute approximate surface area is 138 Å². The summed E-state index contributed by atoms with van der Waals surface area (Å²) in [6, 6.07) is 4.45. The number of rotatable bonds is 2. The topological polar surface area (TPSA) is 81.0 Å². The number of hydrogen-bond donors (Lipinski definition) is 1. The lowest BCUT2D eigenvalue weighted by atomic mass is 10.2. The van der Waals surface area contributed by atoms with Gasteiger partial charge in [0.25, 0.3) is 0 Å². The number of nitrogens with two attached hydrogens (primary N) is 1. The molecule has 8 heteroatoms. The van der Waals surface area contributed by atoms with Gasteiger partial charge in [0.2, 0.25) is 0 Å². The van der Waals surface area contributed by atoms with Crippen molar-refractivity contribution in [2.75, 3.05) is 12.8 Å². The standard InChI is InChI=1S/C13H8ClFIN3O2/c1-21-13(20)12-11(18)6(4-17)5-19(12)10-3-9(16)8(15)2-7(10)14/h2-3,5H,18H2,1H3. The first kappa shape index (κ1) is 15.6. The predicted molar refractivity (Wildman–Crippen MR) is 83.9 cm³/mol. The van der Waals surface area contributed by atoms with Crippen LogP contribution in [0.25, 0.3) is 5.69 Å². The Morgan fingerprint density at radius 2 is 2.24 bits per heavy atom. The van der Waals surface area contributed by atoms with Crippen LogP contribution >= 0.6 is 34.2 Å². The van der Waals surface area contributed by atoms with Gasteiger partial charge < -0.3 is 15.0 Å². The van der Waals surface area contributed by atoms with E-state index < -0.39 is 11.8 Å².